The van der Waals surface area contributed by atoms with Gasteiger partial charge in [-0.25, -0.2) is 18.8 Å². The highest BCUT2D eigenvalue weighted by Gasteiger charge is 2.53. The summed E-state index contributed by atoms with van der Waals surface area (Å²) in [4.78, 5) is 19.7. The number of aliphatic hydroxyl groups is 1. The van der Waals surface area contributed by atoms with Crippen molar-refractivity contribution in [1.82, 2.24) is 10.9 Å². The first-order valence-electron chi connectivity index (χ1n) is 17.5. The van der Waals surface area contributed by atoms with Gasteiger partial charge in [-0.3, -0.25) is 10.2 Å². The first kappa shape index (κ1) is 37.3. The summed E-state index contributed by atoms with van der Waals surface area (Å²) in [7, 11) is -2.19. The smallest absolute Gasteiger partial charge is 0.266 e. The fourth-order valence-electron chi connectivity index (χ4n) is 6.17. The van der Waals surface area contributed by atoms with Gasteiger partial charge in [-0.1, -0.05) is 84.9 Å². The molecule has 1 heterocycles. The first-order chi connectivity index (χ1) is 25.8. The SMILES string of the molecule is COc1cccc(CCNNC(=O)[C@@]2(CCS(=O)(=O)c3ccccc3)N=C(c3ccc(OCCCO)cc3)O[C@H]2c2ccc(-c3ccccc3)cc2)c1. The van der Waals surface area contributed by atoms with Crippen molar-refractivity contribution in [2.24, 2.45) is 4.99 Å². The quantitative estimate of drug-likeness (QED) is 0.0771. The number of carbonyl (C=O) groups excluding carboxylic acids is 1. The van der Waals surface area contributed by atoms with Gasteiger partial charge in [0.05, 0.1) is 24.4 Å². The lowest BCUT2D eigenvalue weighted by atomic mass is 9.84. The van der Waals surface area contributed by atoms with E-state index >= 15 is 0 Å². The third kappa shape index (κ3) is 9.12. The van der Waals surface area contributed by atoms with Gasteiger partial charge in [0, 0.05) is 31.6 Å². The molecule has 0 aliphatic carbocycles. The molecule has 0 aromatic heterocycles. The minimum Gasteiger partial charge on any atom is -0.497 e. The van der Waals surface area contributed by atoms with E-state index in [0.717, 1.165) is 22.4 Å². The number of rotatable bonds is 17. The second-order valence-corrected chi connectivity index (χ2v) is 14.8. The van der Waals surface area contributed by atoms with Gasteiger partial charge in [-0.2, -0.15) is 0 Å². The van der Waals surface area contributed by atoms with E-state index in [0.29, 0.717) is 42.9 Å². The maximum Gasteiger partial charge on any atom is 0.266 e. The van der Waals surface area contributed by atoms with Crippen LogP contribution < -0.4 is 20.3 Å². The molecule has 274 valence electrons. The van der Waals surface area contributed by atoms with Gasteiger partial charge in [0.25, 0.3) is 5.91 Å². The van der Waals surface area contributed by atoms with E-state index in [9.17, 15) is 13.2 Å². The van der Waals surface area contributed by atoms with Crippen LogP contribution in [0.15, 0.2) is 143 Å². The molecule has 2 atom stereocenters. The molecule has 0 saturated heterocycles. The maximum absolute atomic E-state index is 14.6. The molecule has 6 rings (SSSR count). The Morgan fingerprint density at radius 3 is 2.21 bits per heavy atom. The average molecular weight is 734 g/mol. The molecule has 3 N–H and O–H groups in total. The minimum atomic E-state index is -3.81. The number of aliphatic imine (C=N–C) groups is 1. The number of nitrogens with zero attached hydrogens (tertiary/aromatic N) is 1. The number of hydrogen-bond donors (Lipinski definition) is 3. The zero-order valence-electron chi connectivity index (χ0n) is 29.5. The third-order valence-corrected chi connectivity index (χ3v) is 10.8. The lowest BCUT2D eigenvalue weighted by Gasteiger charge is -2.30. The number of aliphatic hydroxyl groups excluding tert-OH is 1. The van der Waals surface area contributed by atoms with Crippen molar-refractivity contribution in [3.05, 3.63) is 150 Å². The van der Waals surface area contributed by atoms with Crippen LogP contribution in [0, 0.1) is 0 Å². The minimum absolute atomic E-state index is 0.0243. The molecule has 1 aliphatic heterocycles. The lowest BCUT2D eigenvalue weighted by molar-refractivity contribution is -0.130. The van der Waals surface area contributed by atoms with Crippen LogP contribution in [0.4, 0.5) is 0 Å². The predicted octanol–water partition coefficient (Wildman–Crippen LogP) is 6.11. The Labute approximate surface area is 310 Å². The van der Waals surface area contributed by atoms with Crippen molar-refractivity contribution in [2.75, 3.05) is 32.6 Å². The van der Waals surface area contributed by atoms with Crippen LogP contribution in [0.2, 0.25) is 0 Å². The van der Waals surface area contributed by atoms with Crippen LogP contribution in [0.1, 0.15) is 35.6 Å². The number of nitrogens with one attached hydrogen (secondary N) is 2. The first-order valence-corrected chi connectivity index (χ1v) is 19.2. The normalized spacial score (nSPS) is 16.7. The molecule has 11 heteroatoms. The van der Waals surface area contributed by atoms with Crippen molar-refractivity contribution in [2.45, 2.75) is 35.8 Å². The van der Waals surface area contributed by atoms with Gasteiger partial charge in [0.15, 0.2) is 21.5 Å². The predicted molar refractivity (Wildman–Crippen MR) is 205 cm³/mol. The largest absolute Gasteiger partial charge is 0.497 e. The van der Waals surface area contributed by atoms with E-state index in [2.05, 4.69) is 10.9 Å². The molecule has 53 heavy (non-hydrogen) atoms. The highest BCUT2D eigenvalue weighted by atomic mass is 32.2. The molecule has 5 aromatic rings. The molecule has 1 aliphatic rings. The number of hydrazine groups is 1. The molecule has 5 aromatic carbocycles. The number of benzene rings is 5. The van der Waals surface area contributed by atoms with Crippen LogP contribution in [0.25, 0.3) is 11.1 Å². The Morgan fingerprint density at radius 1 is 0.830 bits per heavy atom. The maximum atomic E-state index is 14.6. The van der Waals surface area contributed by atoms with E-state index in [4.69, 9.17) is 24.3 Å². The summed E-state index contributed by atoms with van der Waals surface area (Å²) in [6, 6.07) is 40.6. The van der Waals surface area contributed by atoms with Crippen LogP contribution in [0.5, 0.6) is 11.5 Å². The van der Waals surface area contributed by atoms with Crippen molar-refractivity contribution in [1.29, 1.82) is 0 Å². The number of ether oxygens (including phenoxy) is 3. The third-order valence-electron chi connectivity index (χ3n) is 9.08. The number of amides is 1. The van der Waals surface area contributed by atoms with Gasteiger partial charge < -0.3 is 19.3 Å². The van der Waals surface area contributed by atoms with Crippen molar-refractivity contribution in [3.63, 3.8) is 0 Å². The molecule has 10 nitrogen and oxygen atoms in total. The topological polar surface area (TPSA) is 136 Å². The zero-order chi connectivity index (χ0) is 37.1. The van der Waals surface area contributed by atoms with Gasteiger partial charge in [-0.05, 0) is 77.2 Å². The van der Waals surface area contributed by atoms with Crippen LogP contribution >= 0.6 is 0 Å². The summed E-state index contributed by atoms with van der Waals surface area (Å²) in [5.74, 6) is 0.660. The second-order valence-electron chi connectivity index (χ2n) is 12.6. The number of methoxy groups -OCH3 is 1. The number of carbonyl (C=O) groups is 1. The molecule has 0 saturated carbocycles. The van der Waals surface area contributed by atoms with Crippen LogP contribution in [0.3, 0.4) is 0 Å². The molecule has 0 spiro atoms. The molecular formula is C42H43N3O7S. The van der Waals surface area contributed by atoms with Crippen molar-refractivity contribution >= 4 is 21.6 Å². The van der Waals surface area contributed by atoms with E-state index < -0.39 is 27.4 Å². The van der Waals surface area contributed by atoms with Crippen LogP contribution in [-0.4, -0.2) is 63.5 Å². The Bertz CT molecular complexity index is 2090. The zero-order valence-corrected chi connectivity index (χ0v) is 30.3. The lowest BCUT2D eigenvalue weighted by Crippen LogP contribution is -2.53. The average Bonchev–Trinajstić information content (AvgIpc) is 3.61. The molecule has 0 radical (unpaired) electrons. The van der Waals surface area contributed by atoms with Gasteiger partial charge in [0.2, 0.25) is 5.90 Å². The van der Waals surface area contributed by atoms with Crippen molar-refractivity contribution in [3.8, 4) is 22.6 Å². The van der Waals surface area contributed by atoms with Crippen molar-refractivity contribution < 1.29 is 32.5 Å². The summed E-state index contributed by atoms with van der Waals surface area (Å²) in [5, 5.41) is 9.12. The number of hydrogen-bond acceptors (Lipinski definition) is 9. The Hall–Kier alpha value is -5.49. The summed E-state index contributed by atoms with van der Waals surface area (Å²) >= 11 is 0. The Kier molecular flexibility index (Phi) is 12.2. The fraction of sp³-hybridized carbons (Fsp3) is 0.238. The molecule has 0 bridgehead atoms. The van der Waals surface area contributed by atoms with Gasteiger partial charge in [0.1, 0.15) is 11.5 Å². The van der Waals surface area contributed by atoms with Gasteiger partial charge in [-0.15, -0.1) is 0 Å². The van der Waals surface area contributed by atoms with E-state index in [1.54, 1.807) is 61.7 Å². The Morgan fingerprint density at radius 2 is 1.51 bits per heavy atom. The highest BCUT2D eigenvalue weighted by Crippen LogP contribution is 2.43. The van der Waals surface area contributed by atoms with E-state index in [1.807, 2.05) is 78.9 Å². The Balaban J connectivity index is 1.34. The second kappa shape index (κ2) is 17.4. The molecular weight excluding hydrogens is 691 g/mol. The van der Waals surface area contributed by atoms with Crippen LogP contribution in [-0.2, 0) is 25.8 Å². The highest BCUT2D eigenvalue weighted by molar-refractivity contribution is 7.91. The van der Waals surface area contributed by atoms with E-state index in [1.165, 1.54) is 0 Å². The molecule has 0 unspecified atom stereocenters. The summed E-state index contributed by atoms with van der Waals surface area (Å²) in [6.07, 6.45) is -0.0344. The van der Waals surface area contributed by atoms with Gasteiger partial charge >= 0.3 is 0 Å². The summed E-state index contributed by atoms with van der Waals surface area (Å²) in [5.41, 5.74) is 8.49. The molecule has 0 fully saturated rings. The molecule has 1 amide bonds. The summed E-state index contributed by atoms with van der Waals surface area (Å²) < 4.78 is 45.0. The summed E-state index contributed by atoms with van der Waals surface area (Å²) in [6.45, 7) is 0.775. The fourth-order valence-corrected chi connectivity index (χ4v) is 7.56. The standard InChI is InChI=1S/C42H43N3O7S/c1-50-37-13-8-10-31(30-37)24-26-43-45-41(47)42(25-29-53(48,49)38-14-6-3-7-15-38)39(34-18-16-33(17-19-34)32-11-4-2-5-12-32)52-40(44-42)35-20-22-36(23-21-35)51-28-9-27-46/h2-8,10-23,30,39,43,46H,9,24-29H2,1H3,(H,45,47)/t39-,42-/m0/s1. The van der Waals surface area contributed by atoms with E-state index in [-0.39, 0.29) is 29.6 Å². The monoisotopic (exact) mass is 733 g/mol. The number of sulfone groups is 1.